The summed E-state index contributed by atoms with van der Waals surface area (Å²) in [6.07, 6.45) is 4.15. The third-order valence-corrected chi connectivity index (χ3v) is 5.66. The molecular formula is C21H26N4O. The first-order valence-corrected chi connectivity index (χ1v) is 9.66. The number of likely N-dealkylation sites (tertiary alicyclic amines) is 1. The Morgan fingerprint density at radius 1 is 0.962 bits per heavy atom. The molecule has 2 saturated heterocycles. The zero-order valence-corrected chi connectivity index (χ0v) is 15.4. The van der Waals surface area contributed by atoms with Gasteiger partial charge in [0.15, 0.2) is 5.82 Å². The molecule has 2 fully saturated rings. The number of hydrogen-bond acceptors (Lipinski definition) is 4. The van der Waals surface area contributed by atoms with Gasteiger partial charge in [0.05, 0.1) is 5.69 Å². The standard InChI is InChI=1S/C21H26N4O/c1-16-6-2-3-7-18(16)19-8-9-20(23-22-19)24-14-10-17(11-15-24)21(26)25-12-4-5-13-25/h2-3,6-9,17H,4-5,10-15H2,1H3. The van der Waals surface area contributed by atoms with Gasteiger partial charge < -0.3 is 9.80 Å². The number of aryl methyl sites for hydroxylation is 1. The highest BCUT2D eigenvalue weighted by Crippen LogP contribution is 2.26. The van der Waals surface area contributed by atoms with Crippen LogP contribution in [0, 0.1) is 12.8 Å². The predicted molar refractivity (Wildman–Crippen MR) is 103 cm³/mol. The van der Waals surface area contributed by atoms with Gasteiger partial charge in [-0.25, -0.2) is 0 Å². The smallest absolute Gasteiger partial charge is 0.225 e. The third-order valence-electron chi connectivity index (χ3n) is 5.66. The second kappa shape index (κ2) is 7.44. The molecule has 3 heterocycles. The lowest BCUT2D eigenvalue weighted by Gasteiger charge is -2.33. The lowest BCUT2D eigenvalue weighted by atomic mass is 9.95. The molecule has 2 aliphatic heterocycles. The van der Waals surface area contributed by atoms with E-state index in [1.54, 1.807) is 0 Å². The van der Waals surface area contributed by atoms with E-state index in [-0.39, 0.29) is 5.92 Å². The minimum Gasteiger partial charge on any atom is -0.355 e. The van der Waals surface area contributed by atoms with E-state index in [1.807, 2.05) is 18.2 Å². The number of aromatic nitrogens is 2. The third kappa shape index (κ3) is 3.43. The number of nitrogens with zero attached hydrogens (tertiary/aromatic N) is 4. The van der Waals surface area contributed by atoms with Crippen LogP contribution in [-0.4, -0.2) is 47.2 Å². The van der Waals surface area contributed by atoms with Crippen molar-refractivity contribution in [3.8, 4) is 11.3 Å². The molecular weight excluding hydrogens is 324 g/mol. The molecule has 1 aromatic carbocycles. The first-order valence-electron chi connectivity index (χ1n) is 9.66. The molecule has 0 atom stereocenters. The number of piperidine rings is 1. The second-order valence-corrected chi connectivity index (χ2v) is 7.39. The van der Waals surface area contributed by atoms with Crippen molar-refractivity contribution in [2.24, 2.45) is 5.92 Å². The highest BCUT2D eigenvalue weighted by molar-refractivity contribution is 5.79. The molecule has 0 radical (unpaired) electrons. The van der Waals surface area contributed by atoms with E-state index in [9.17, 15) is 4.79 Å². The van der Waals surface area contributed by atoms with E-state index in [4.69, 9.17) is 0 Å². The molecule has 0 spiro atoms. The van der Waals surface area contributed by atoms with E-state index >= 15 is 0 Å². The maximum absolute atomic E-state index is 12.6. The number of anilines is 1. The van der Waals surface area contributed by atoms with Gasteiger partial charge in [0.2, 0.25) is 5.91 Å². The average molecular weight is 350 g/mol. The topological polar surface area (TPSA) is 49.3 Å². The predicted octanol–water partition coefficient (Wildman–Crippen LogP) is 3.29. The molecule has 0 saturated carbocycles. The molecule has 0 aliphatic carbocycles. The highest BCUT2D eigenvalue weighted by atomic mass is 16.2. The summed E-state index contributed by atoms with van der Waals surface area (Å²) < 4.78 is 0. The molecule has 0 bridgehead atoms. The van der Waals surface area contributed by atoms with Crippen molar-refractivity contribution >= 4 is 11.7 Å². The SMILES string of the molecule is Cc1ccccc1-c1ccc(N2CCC(C(=O)N3CCCC3)CC2)nn1. The Balaban J connectivity index is 1.39. The number of hydrogen-bond donors (Lipinski definition) is 0. The summed E-state index contributed by atoms with van der Waals surface area (Å²) in [5.74, 6) is 1.46. The van der Waals surface area contributed by atoms with Gasteiger partial charge in [-0.2, -0.15) is 0 Å². The van der Waals surface area contributed by atoms with E-state index in [1.165, 1.54) is 5.56 Å². The van der Waals surface area contributed by atoms with Gasteiger partial charge in [0, 0.05) is 37.7 Å². The van der Waals surface area contributed by atoms with Crippen molar-refractivity contribution in [3.63, 3.8) is 0 Å². The largest absolute Gasteiger partial charge is 0.355 e. The van der Waals surface area contributed by atoms with Crippen molar-refractivity contribution < 1.29 is 4.79 Å². The van der Waals surface area contributed by atoms with Gasteiger partial charge in [-0.1, -0.05) is 24.3 Å². The maximum atomic E-state index is 12.6. The van der Waals surface area contributed by atoms with E-state index in [0.717, 1.165) is 68.9 Å². The van der Waals surface area contributed by atoms with Crippen molar-refractivity contribution in [1.82, 2.24) is 15.1 Å². The molecule has 4 rings (SSSR count). The van der Waals surface area contributed by atoms with Crippen molar-refractivity contribution in [1.29, 1.82) is 0 Å². The Morgan fingerprint density at radius 2 is 1.69 bits per heavy atom. The summed E-state index contributed by atoms with van der Waals surface area (Å²) in [5, 5.41) is 8.88. The average Bonchev–Trinajstić information content (AvgIpc) is 3.23. The molecule has 2 aliphatic rings. The molecule has 1 amide bonds. The van der Waals surface area contributed by atoms with Crippen molar-refractivity contribution in [2.45, 2.75) is 32.6 Å². The van der Waals surface area contributed by atoms with Gasteiger partial charge >= 0.3 is 0 Å². The minimum absolute atomic E-state index is 0.184. The Labute approximate surface area is 155 Å². The number of rotatable bonds is 3. The summed E-state index contributed by atoms with van der Waals surface area (Å²) in [7, 11) is 0. The fourth-order valence-electron chi connectivity index (χ4n) is 4.05. The number of carbonyl (C=O) groups is 1. The summed E-state index contributed by atoms with van der Waals surface area (Å²) in [4.78, 5) is 16.9. The summed E-state index contributed by atoms with van der Waals surface area (Å²) in [6.45, 7) is 5.74. The first-order chi connectivity index (χ1) is 12.7. The molecule has 1 aromatic heterocycles. The molecule has 2 aromatic rings. The number of carbonyl (C=O) groups excluding carboxylic acids is 1. The van der Waals surface area contributed by atoms with E-state index < -0.39 is 0 Å². The monoisotopic (exact) mass is 350 g/mol. The minimum atomic E-state index is 0.184. The molecule has 0 unspecified atom stereocenters. The number of amides is 1. The van der Waals surface area contributed by atoms with E-state index in [2.05, 4.69) is 45.1 Å². The summed E-state index contributed by atoms with van der Waals surface area (Å²) in [5.41, 5.74) is 3.24. The van der Waals surface area contributed by atoms with Crippen LogP contribution in [0.5, 0.6) is 0 Å². The zero-order chi connectivity index (χ0) is 17.9. The van der Waals surface area contributed by atoms with Gasteiger partial charge in [-0.15, -0.1) is 10.2 Å². The van der Waals surface area contributed by atoms with Gasteiger partial charge in [0.1, 0.15) is 0 Å². The van der Waals surface area contributed by atoms with E-state index in [0.29, 0.717) is 5.91 Å². The lowest BCUT2D eigenvalue weighted by Crippen LogP contribution is -2.42. The van der Waals surface area contributed by atoms with Crippen LogP contribution in [0.2, 0.25) is 0 Å². The van der Waals surface area contributed by atoms with Crippen LogP contribution in [0.1, 0.15) is 31.2 Å². The fourth-order valence-corrected chi connectivity index (χ4v) is 4.05. The number of benzene rings is 1. The Bertz CT molecular complexity index is 760. The van der Waals surface area contributed by atoms with Gasteiger partial charge in [-0.05, 0) is 50.3 Å². The summed E-state index contributed by atoms with van der Waals surface area (Å²) >= 11 is 0. The van der Waals surface area contributed by atoms with Crippen LogP contribution in [0.4, 0.5) is 5.82 Å². The van der Waals surface area contributed by atoms with Gasteiger partial charge in [0.25, 0.3) is 0 Å². The Kier molecular flexibility index (Phi) is 4.87. The summed E-state index contributed by atoms with van der Waals surface area (Å²) in [6, 6.07) is 12.3. The first kappa shape index (κ1) is 17.0. The molecule has 136 valence electrons. The molecule has 26 heavy (non-hydrogen) atoms. The van der Waals surface area contributed by atoms with Gasteiger partial charge in [-0.3, -0.25) is 4.79 Å². The highest BCUT2D eigenvalue weighted by Gasteiger charge is 2.30. The maximum Gasteiger partial charge on any atom is 0.225 e. The van der Waals surface area contributed by atoms with Crippen LogP contribution in [0.25, 0.3) is 11.3 Å². The zero-order valence-electron chi connectivity index (χ0n) is 15.4. The lowest BCUT2D eigenvalue weighted by molar-refractivity contribution is -0.135. The fraction of sp³-hybridized carbons (Fsp3) is 0.476. The van der Waals surface area contributed by atoms with Crippen LogP contribution in [-0.2, 0) is 4.79 Å². The van der Waals surface area contributed by atoms with Crippen LogP contribution in [0.3, 0.4) is 0 Å². The molecule has 0 N–H and O–H groups in total. The molecule has 5 nitrogen and oxygen atoms in total. The van der Waals surface area contributed by atoms with Crippen LogP contribution < -0.4 is 4.90 Å². The van der Waals surface area contributed by atoms with Crippen molar-refractivity contribution in [3.05, 3.63) is 42.0 Å². The second-order valence-electron chi connectivity index (χ2n) is 7.39. The Hall–Kier alpha value is -2.43. The van der Waals surface area contributed by atoms with Crippen LogP contribution in [0.15, 0.2) is 36.4 Å². The molecule has 5 heteroatoms. The normalized spacial score (nSPS) is 18.3. The van der Waals surface area contributed by atoms with Crippen LogP contribution >= 0.6 is 0 Å². The quantitative estimate of drug-likeness (QED) is 0.852. The Morgan fingerprint density at radius 3 is 2.35 bits per heavy atom. The van der Waals surface area contributed by atoms with Crippen molar-refractivity contribution in [2.75, 3.05) is 31.1 Å².